The fraction of sp³-hybridized carbons (Fsp3) is 0.415. The number of nitrogens with zero attached hydrogens (tertiary/aromatic N) is 5. The molecule has 11 nitrogen and oxygen atoms in total. The van der Waals surface area contributed by atoms with Crippen LogP contribution in [0.25, 0.3) is 44.4 Å². The molecule has 0 spiro atoms. The van der Waals surface area contributed by atoms with E-state index in [1.54, 1.807) is 39.0 Å². The molecule has 2 aliphatic heterocycles. The van der Waals surface area contributed by atoms with E-state index in [4.69, 9.17) is 19.9 Å². The summed E-state index contributed by atoms with van der Waals surface area (Å²) < 4.78 is 0.838. The van der Waals surface area contributed by atoms with Gasteiger partial charge < -0.3 is 30.5 Å². The second kappa shape index (κ2) is 22.6. The Balaban J connectivity index is 0.00000925. The summed E-state index contributed by atoms with van der Waals surface area (Å²) in [6.45, 7) is 23.8. The molecule has 0 saturated carbocycles. The zero-order valence-corrected chi connectivity index (χ0v) is 40.8. The Morgan fingerprint density at radius 1 is 0.738 bits per heavy atom. The van der Waals surface area contributed by atoms with Crippen LogP contribution >= 0.6 is 0 Å². The van der Waals surface area contributed by atoms with Crippen molar-refractivity contribution in [2.45, 2.75) is 145 Å². The number of fused-ring (bicyclic) bond motifs is 8. The van der Waals surface area contributed by atoms with Gasteiger partial charge in [0, 0.05) is 39.2 Å². The van der Waals surface area contributed by atoms with Gasteiger partial charge in [-0.3, -0.25) is 9.59 Å². The maximum absolute atomic E-state index is 13.7. The van der Waals surface area contributed by atoms with Gasteiger partial charge in [-0.05, 0) is 117 Å². The van der Waals surface area contributed by atoms with Gasteiger partial charge >= 0.3 is 29.0 Å². The van der Waals surface area contributed by atoms with Gasteiger partial charge in [-0.25, -0.2) is 14.7 Å². The van der Waals surface area contributed by atoms with E-state index in [1.165, 1.54) is 22.9 Å². The number of allylic oxidation sites excluding steroid dienone is 11. The molecule has 1 atom stereocenters. The van der Waals surface area contributed by atoms with Crippen molar-refractivity contribution < 1.29 is 46.7 Å². The van der Waals surface area contributed by atoms with Crippen molar-refractivity contribution in [2.75, 3.05) is 0 Å². The summed E-state index contributed by atoms with van der Waals surface area (Å²) in [6, 6.07) is 7.30. The van der Waals surface area contributed by atoms with Gasteiger partial charge in [-0.1, -0.05) is 88.6 Å². The molecule has 0 aliphatic carbocycles. The van der Waals surface area contributed by atoms with E-state index in [9.17, 15) is 30.1 Å². The number of rotatable bonds is 18. The minimum absolute atomic E-state index is 0. The number of carboxylic acids is 2. The van der Waals surface area contributed by atoms with E-state index in [0.717, 1.165) is 58.3 Å². The smallest absolute Gasteiger partial charge is 0.657 e. The maximum atomic E-state index is 13.7. The molecule has 0 saturated heterocycles. The predicted octanol–water partition coefficient (Wildman–Crippen LogP) is 11.7. The number of carboxylic acid groups (broad SMARTS) is 2. The molecular weight excluding hydrogens is 858 g/mol. The third kappa shape index (κ3) is 13.3. The molecule has 0 radical (unpaired) electrons. The van der Waals surface area contributed by atoms with Gasteiger partial charge in [-0.2, -0.15) is 0 Å². The Kier molecular flexibility index (Phi) is 18.1. The van der Waals surface area contributed by atoms with Crippen LogP contribution in [0.1, 0.15) is 164 Å². The topological polar surface area (TPSA) is 175 Å². The molecule has 0 amide bonds. The van der Waals surface area contributed by atoms with Crippen molar-refractivity contribution in [2.24, 2.45) is 0 Å². The maximum Gasteiger partial charge on any atom is 4.00 e. The molecule has 5 rings (SSSR count). The first kappa shape index (κ1) is 52.1. The van der Waals surface area contributed by atoms with Crippen LogP contribution in [0.3, 0.4) is 0 Å². The van der Waals surface area contributed by atoms with Gasteiger partial charge in [0.2, 0.25) is 0 Å². The summed E-state index contributed by atoms with van der Waals surface area (Å²) in [6.07, 6.45) is 14.2. The van der Waals surface area contributed by atoms with Crippen LogP contribution in [0.2, 0.25) is 0 Å². The van der Waals surface area contributed by atoms with Crippen LogP contribution in [0.15, 0.2) is 71.9 Å². The van der Waals surface area contributed by atoms with Crippen molar-refractivity contribution in [1.29, 1.82) is 0 Å². The average molecular weight is 924 g/mol. The van der Waals surface area contributed by atoms with E-state index >= 15 is 0 Å². The summed E-state index contributed by atoms with van der Waals surface area (Å²) in [5.74, 6) is -1.96. The normalized spacial score (nSPS) is 14.1. The fourth-order valence-electron chi connectivity index (χ4n) is 8.04. The van der Waals surface area contributed by atoms with Crippen LogP contribution in [-0.4, -0.2) is 53.7 Å². The minimum Gasteiger partial charge on any atom is -0.657 e. The molecule has 65 heavy (non-hydrogen) atoms. The fourth-order valence-corrected chi connectivity index (χ4v) is 8.04. The van der Waals surface area contributed by atoms with Crippen LogP contribution < -0.4 is 9.97 Å². The number of hydrogen-bond acceptors (Lipinski definition) is 6. The molecule has 2 aliphatic rings. The van der Waals surface area contributed by atoms with E-state index in [0.29, 0.717) is 74.4 Å². The molecule has 3 N–H and O–H groups in total. The number of carbonyl (C=O) groups is 2. The number of hydrogen-bond donors (Lipinski definition) is 3. The van der Waals surface area contributed by atoms with Crippen LogP contribution in [0, 0.1) is 19.1 Å². The van der Waals surface area contributed by atoms with Crippen molar-refractivity contribution in [3.63, 3.8) is 0 Å². The number of aromatic nitrogens is 4. The van der Waals surface area contributed by atoms with Gasteiger partial charge in [0.15, 0.2) is 11.8 Å². The first-order valence-electron chi connectivity index (χ1n) is 22.3. The number of aliphatic hydroxyl groups is 1. The molecular formula is C53H65FeN5O6+2. The first-order chi connectivity index (χ1) is 30.2. The molecule has 3 aromatic heterocycles. The number of aliphatic carboxylic acids is 2. The van der Waals surface area contributed by atoms with E-state index in [1.807, 2.05) is 32.9 Å². The minimum atomic E-state index is -1.01. The Bertz CT molecular complexity index is 2680. The van der Waals surface area contributed by atoms with Gasteiger partial charge in [0.1, 0.15) is 0 Å². The summed E-state index contributed by atoms with van der Waals surface area (Å²) in [5, 5.41) is 45.2. The largest absolute Gasteiger partial charge is 4.00 e. The Morgan fingerprint density at radius 3 is 1.86 bits per heavy atom. The number of aryl methyl sites for hydroxylation is 3. The van der Waals surface area contributed by atoms with Crippen molar-refractivity contribution in [3.8, 4) is 0 Å². The van der Waals surface area contributed by atoms with Gasteiger partial charge in [0.05, 0.1) is 34.5 Å². The zero-order chi connectivity index (χ0) is 47.0. The molecule has 0 fully saturated rings. The SMILES string of the molecule is C=CC1=C(C)c2cc3[n-]c(cc4nc(cc5[n-]c(cc1n2)c(C)c5CCC(=O)O)C(CCC(=O)O)=C4C=[N+]([O-])C(C)(C)C)c(C)c3C(O)CC/C=C(\C)CC/C=C(\C)CCC=C(C)C.[Fe+4]. The van der Waals surface area contributed by atoms with Gasteiger partial charge in [0.25, 0.3) is 0 Å². The van der Waals surface area contributed by atoms with Crippen LogP contribution in [0.5, 0.6) is 0 Å². The Labute approximate surface area is 394 Å². The summed E-state index contributed by atoms with van der Waals surface area (Å²) in [7, 11) is 0. The van der Waals surface area contributed by atoms with Gasteiger partial charge in [-0.15, -0.1) is 22.1 Å². The molecule has 12 heteroatoms. The third-order valence-corrected chi connectivity index (χ3v) is 11.9. The molecule has 344 valence electrons. The molecule has 3 aromatic rings. The van der Waals surface area contributed by atoms with Crippen LogP contribution in [-0.2, 0) is 33.1 Å². The monoisotopic (exact) mass is 923 g/mol. The predicted molar refractivity (Wildman–Crippen MR) is 260 cm³/mol. The summed E-state index contributed by atoms with van der Waals surface area (Å²) in [4.78, 5) is 44.1. The average Bonchev–Trinajstić information content (AvgIpc) is 3.88. The zero-order valence-electron chi connectivity index (χ0n) is 39.7. The van der Waals surface area contributed by atoms with Crippen molar-refractivity contribution in [3.05, 3.63) is 122 Å². The first-order valence-corrected chi connectivity index (χ1v) is 22.3. The summed E-state index contributed by atoms with van der Waals surface area (Å²) >= 11 is 0. The Morgan fingerprint density at radius 2 is 1.26 bits per heavy atom. The molecule has 8 bridgehead atoms. The summed E-state index contributed by atoms with van der Waals surface area (Å²) in [5.41, 5.74) is 13.0. The van der Waals surface area contributed by atoms with E-state index in [2.05, 4.69) is 52.5 Å². The second-order valence-electron chi connectivity index (χ2n) is 18.3. The molecule has 0 aromatic carbocycles. The molecule has 5 heterocycles. The van der Waals surface area contributed by atoms with Crippen molar-refractivity contribution in [1.82, 2.24) is 19.9 Å². The van der Waals surface area contributed by atoms with E-state index in [-0.39, 0.29) is 42.8 Å². The number of aliphatic hydroxyl groups excluding tert-OH is 1. The standard InChI is InChI=1S/C53H67N5O6.Fe/c1-12-37-34(6)42-28-48-52(49(59)21-15-20-33(5)19-14-18-32(4)17-13-16-31(2)3)36(8)43(56-48)27-47-40(30-58(64)53(9,10)11)39(23-25-51(62)63)46(57-47)29-45-38(22-24-50(60)61)35(7)41(55-45)26-44(37)54-42;/h12,16,18,20,26-30,49,59H,1,13-15,17,19,21-25H2,2-11H3,(H4,54,55,56,57,60,61,62,63);/q;+4/p-2/b32-18+,33-20+,41-26?,42-28?,43-27?,44-26?,45-29?,46-29?,47-27?,48-28?,58-30?;. The third-order valence-electron chi connectivity index (χ3n) is 11.9. The van der Waals surface area contributed by atoms with Crippen molar-refractivity contribution >= 4 is 62.5 Å². The Hall–Kier alpha value is -5.55. The molecule has 1 unspecified atom stereocenters. The van der Waals surface area contributed by atoms with E-state index < -0.39 is 23.6 Å². The quantitative estimate of drug-likeness (QED) is 0.0278. The number of hydroxylamine groups is 1. The second-order valence-corrected chi connectivity index (χ2v) is 18.3. The van der Waals surface area contributed by atoms with Crippen LogP contribution in [0.4, 0.5) is 0 Å².